The monoisotopic (exact) mass is 482 g/mol. The van der Waals surface area contributed by atoms with Crippen molar-refractivity contribution >= 4 is 12.3 Å². The van der Waals surface area contributed by atoms with E-state index in [1.165, 1.54) is 25.5 Å². The van der Waals surface area contributed by atoms with E-state index < -0.39 is 0 Å². The zero-order valence-electron chi connectivity index (χ0n) is 23.7. The fraction of sp³-hybridized carbons (Fsp3) is 0.875. The fourth-order valence-electron chi connectivity index (χ4n) is 11.1. The highest BCUT2D eigenvalue weighted by Gasteiger charge is 2.68. The lowest BCUT2D eigenvalue weighted by atomic mass is 9.33. The maximum absolute atomic E-state index is 12.7. The van der Waals surface area contributed by atoms with Gasteiger partial charge in [0.05, 0.1) is 0 Å². The van der Waals surface area contributed by atoms with Gasteiger partial charge in [-0.3, -0.25) is 4.79 Å². The van der Waals surface area contributed by atoms with Crippen molar-refractivity contribution < 1.29 is 14.3 Å². The molecule has 0 aromatic rings. The van der Waals surface area contributed by atoms with E-state index in [9.17, 15) is 9.59 Å². The predicted octanol–water partition coefficient (Wildman–Crippen LogP) is 7.77. The van der Waals surface area contributed by atoms with E-state index in [0.29, 0.717) is 29.6 Å². The molecule has 0 amide bonds. The predicted molar refractivity (Wildman–Crippen MR) is 141 cm³/mol. The van der Waals surface area contributed by atoms with Crippen molar-refractivity contribution in [3.05, 3.63) is 11.6 Å². The third kappa shape index (κ3) is 3.21. The van der Waals surface area contributed by atoms with Crippen molar-refractivity contribution in [3.8, 4) is 0 Å². The first-order valence-electron chi connectivity index (χ1n) is 14.6. The lowest BCUT2D eigenvalue weighted by Gasteiger charge is -2.71. The average molecular weight is 483 g/mol. The third-order valence-corrected chi connectivity index (χ3v) is 13.5. The molecule has 3 nitrogen and oxygen atoms in total. The summed E-state index contributed by atoms with van der Waals surface area (Å²) in [7, 11) is 0. The number of rotatable bonds is 2. The number of aldehydes is 1. The Morgan fingerprint density at radius 3 is 2.31 bits per heavy atom. The van der Waals surface area contributed by atoms with E-state index in [0.717, 1.165) is 38.5 Å². The highest BCUT2D eigenvalue weighted by atomic mass is 16.5. The SMILES string of the molecule is CC(=O)O[C@H]1CC[C@@]2(C)[C@H](CC[C@]3(C)[C@@H]2CC=C2[C@@H]4[C@@H](C)[C@H](C)CC[C@]4(C=O)CC[C@]23C)C1(C)C. The second-order valence-electron chi connectivity index (χ2n) is 15.0. The van der Waals surface area contributed by atoms with Gasteiger partial charge in [0.15, 0.2) is 0 Å². The molecule has 5 aliphatic rings. The van der Waals surface area contributed by atoms with Crippen LogP contribution in [0, 0.1) is 56.7 Å². The summed E-state index contributed by atoms with van der Waals surface area (Å²) in [6, 6.07) is 0. The number of hydrogen-bond acceptors (Lipinski definition) is 3. The van der Waals surface area contributed by atoms with Gasteiger partial charge in [0.2, 0.25) is 0 Å². The Morgan fingerprint density at radius 2 is 1.66 bits per heavy atom. The second-order valence-corrected chi connectivity index (χ2v) is 15.0. The molecule has 0 bridgehead atoms. The van der Waals surface area contributed by atoms with E-state index in [4.69, 9.17) is 4.74 Å². The number of allylic oxidation sites excluding steroid dienone is 2. The number of fused-ring (bicyclic) bond motifs is 7. The van der Waals surface area contributed by atoms with Crippen LogP contribution in [0.1, 0.15) is 113 Å². The largest absolute Gasteiger partial charge is 0.462 e. The summed E-state index contributed by atoms with van der Waals surface area (Å²) in [4.78, 5) is 24.5. The molecule has 3 heteroatoms. The Labute approximate surface area is 214 Å². The molecule has 5 rings (SSSR count). The highest BCUT2D eigenvalue weighted by molar-refractivity contribution is 5.66. The lowest BCUT2D eigenvalue weighted by Crippen LogP contribution is -2.65. The van der Waals surface area contributed by atoms with Gasteiger partial charge in [0.25, 0.3) is 0 Å². The van der Waals surface area contributed by atoms with Gasteiger partial charge in [-0.05, 0) is 104 Å². The number of carbonyl (C=O) groups excluding carboxylic acids is 2. The molecule has 10 atom stereocenters. The number of ether oxygens (including phenoxy) is 1. The first kappa shape index (κ1) is 25.5. The summed E-state index contributed by atoms with van der Waals surface area (Å²) < 4.78 is 5.89. The van der Waals surface area contributed by atoms with Crippen molar-refractivity contribution in [2.24, 2.45) is 56.7 Å². The molecule has 0 radical (unpaired) electrons. The summed E-state index contributed by atoms with van der Waals surface area (Å²) in [6.07, 6.45) is 14.3. The van der Waals surface area contributed by atoms with Crippen LogP contribution in [-0.2, 0) is 14.3 Å². The van der Waals surface area contributed by atoms with Crippen LogP contribution in [0.2, 0.25) is 0 Å². The Bertz CT molecular complexity index is 933. The van der Waals surface area contributed by atoms with E-state index in [2.05, 4.69) is 54.5 Å². The molecule has 0 N–H and O–H groups in total. The zero-order chi connectivity index (χ0) is 25.6. The van der Waals surface area contributed by atoms with Crippen LogP contribution in [-0.4, -0.2) is 18.4 Å². The molecule has 0 aromatic heterocycles. The van der Waals surface area contributed by atoms with E-state index in [-0.39, 0.29) is 39.1 Å². The standard InChI is InChI=1S/C32H50O3/c1-20-11-16-32(19-33)18-17-30(7)23(27(32)21(20)2)9-10-25-29(6)14-13-26(35-22(3)34)28(4,5)24(29)12-15-31(25,30)8/h9,19-21,24-27H,10-18H2,1-8H3/t20-,21+,24-,25-,26+,27+,29+,30-,31-,32-/m1/s1. The minimum atomic E-state index is -0.137. The number of carbonyl (C=O) groups is 2. The second kappa shape index (κ2) is 7.94. The molecule has 0 spiro atoms. The minimum absolute atomic E-state index is 0.00253. The Hall–Kier alpha value is -1.12. The third-order valence-electron chi connectivity index (χ3n) is 13.5. The van der Waals surface area contributed by atoms with Crippen molar-refractivity contribution in [1.82, 2.24) is 0 Å². The van der Waals surface area contributed by atoms with Gasteiger partial charge in [0, 0.05) is 17.8 Å². The van der Waals surface area contributed by atoms with Crippen LogP contribution in [0.25, 0.3) is 0 Å². The summed E-state index contributed by atoms with van der Waals surface area (Å²) in [6.45, 7) is 18.9. The Balaban J connectivity index is 1.55. The summed E-state index contributed by atoms with van der Waals surface area (Å²) in [5.74, 6) is 2.75. The van der Waals surface area contributed by atoms with Gasteiger partial charge in [-0.1, -0.05) is 60.1 Å². The minimum Gasteiger partial charge on any atom is -0.462 e. The van der Waals surface area contributed by atoms with Crippen molar-refractivity contribution in [2.45, 2.75) is 119 Å². The van der Waals surface area contributed by atoms with Crippen LogP contribution in [0.15, 0.2) is 11.6 Å². The fourth-order valence-corrected chi connectivity index (χ4v) is 11.1. The van der Waals surface area contributed by atoms with Crippen molar-refractivity contribution in [3.63, 3.8) is 0 Å². The Morgan fingerprint density at radius 1 is 0.943 bits per heavy atom. The van der Waals surface area contributed by atoms with Crippen LogP contribution in [0.3, 0.4) is 0 Å². The topological polar surface area (TPSA) is 43.4 Å². The van der Waals surface area contributed by atoms with Gasteiger partial charge in [-0.15, -0.1) is 0 Å². The molecular formula is C32H50O3. The van der Waals surface area contributed by atoms with Crippen LogP contribution < -0.4 is 0 Å². The molecule has 35 heavy (non-hydrogen) atoms. The molecule has 4 saturated carbocycles. The van der Waals surface area contributed by atoms with Crippen LogP contribution >= 0.6 is 0 Å². The molecule has 4 fully saturated rings. The average Bonchev–Trinajstić information content (AvgIpc) is 2.78. The zero-order valence-corrected chi connectivity index (χ0v) is 23.7. The van der Waals surface area contributed by atoms with Gasteiger partial charge >= 0.3 is 5.97 Å². The molecule has 0 aliphatic heterocycles. The summed E-state index contributed by atoms with van der Waals surface area (Å²) >= 11 is 0. The first-order valence-corrected chi connectivity index (χ1v) is 14.6. The van der Waals surface area contributed by atoms with E-state index in [1.807, 2.05) is 0 Å². The first-order chi connectivity index (χ1) is 16.3. The highest BCUT2D eigenvalue weighted by Crippen LogP contribution is 2.75. The lowest BCUT2D eigenvalue weighted by molar-refractivity contribution is -0.212. The van der Waals surface area contributed by atoms with Gasteiger partial charge < -0.3 is 9.53 Å². The molecular weight excluding hydrogens is 432 g/mol. The molecule has 0 aromatic carbocycles. The van der Waals surface area contributed by atoms with Gasteiger partial charge in [0.1, 0.15) is 12.4 Å². The molecule has 196 valence electrons. The van der Waals surface area contributed by atoms with Crippen molar-refractivity contribution in [2.75, 3.05) is 0 Å². The van der Waals surface area contributed by atoms with Gasteiger partial charge in [-0.2, -0.15) is 0 Å². The number of hydrogen-bond donors (Lipinski definition) is 0. The normalized spacial score (nSPS) is 52.6. The molecule has 0 saturated heterocycles. The number of esters is 1. The Kier molecular flexibility index (Phi) is 5.79. The maximum Gasteiger partial charge on any atom is 0.302 e. The summed E-state index contributed by atoms with van der Waals surface area (Å²) in [5, 5.41) is 0. The van der Waals surface area contributed by atoms with E-state index >= 15 is 0 Å². The molecule has 5 aliphatic carbocycles. The molecule has 0 heterocycles. The van der Waals surface area contributed by atoms with Crippen molar-refractivity contribution in [1.29, 1.82) is 0 Å². The summed E-state index contributed by atoms with van der Waals surface area (Å²) in [5.41, 5.74) is 2.20. The quantitative estimate of drug-likeness (QED) is 0.229. The maximum atomic E-state index is 12.7. The van der Waals surface area contributed by atoms with E-state index in [1.54, 1.807) is 12.5 Å². The van der Waals surface area contributed by atoms with Crippen LogP contribution in [0.4, 0.5) is 0 Å². The van der Waals surface area contributed by atoms with Gasteiger partial charge in [-0.25, -0.2) is 0 Å². The van der Waals surface area contributed by atoms with Crippen LogP contribution in [0.5, 0.6) is 0 Å². The molecule has 0 unspecified atom stereocenters. The smallest absolute Gasteiger partial charge is 0.302 e.